The van der Waals surface area contributed by atoms with Gasteiger partial charge in [-0.2, -0.15) is 0 Å². The molecule has 2 heterocycles. The molecule has 4 rings (SSSR count). The first-order valence-corrected chi connectivity index (χ1v) is 9.37. The van der Waals surface area contributed by atoms with Gasteiger partial charge in [0.05, 0.1) is 19.3 Å². The van der Waals surface area contributed by atoms with E-state index in [2.05, 4.69) is 5.32 Å². The molecule has 0 unspecified atom stereocenters. The molecule has 0 atom stereocenters. The first-order valence-electron chi connectivity index (χ1n) is 9.37. The highest BCUT2D eigenvalue weighted by atomic mass is 16.5. The molecule has 3 N–H and O–H groups in total. The first kappa shape index (κ1) is 18.2. The number of piperidine rings is 1. The number of fused-ring (bicyclic) bond motifs is 3. The summed E-state index contributed by atoms with van der Waals surface area (Å²) in [5.41, 5.74) is 7.60. The third-order valence-electron chi connectivity index (χ3n) is 5.38. The molecule has 28 heavy (non-hydrogen) atoms. The second-order valence-electron chi connectivity index (χ2n) is 7.06. The van der Waals surface area contributed by atoms with Gasteiger partial charge in [0.25, 0.3) is 0 Å². The van der Waals surface area contributed by atoms with E-state index in [-0.39, 0.29) is 24.3 Å². The van der Waals surface area contributed by atoms with Gasteiger partial charge in [-0.15, -0.1) is 0 Å². The van der Waals surface area contributed by atoms with Gasteiger partial charge in [0, 0.05) is 35.8 Å². The van der Waals surface area contributed by atoms with Crippen molar-refractivity contribution in [1.82, 2.24) is 4.90 Å². The fourth-order valence-corrected chi connectivity index (χ4v) is 3.75. The zero-order chi connectivity index (χ0) is 19.7. The number of carbonyl (C=O) groups is 2. The van der Waals surface area contributed by atoms with Crippen LogP contribution in [0, 0.1) is 5.92 Å². The maximum absolute atomic E-state index is 12.5. The topological polar surface area (TPSA) is 97.8 Å². The molecule has 2 aromatic carbocycles. The highest BCUT2D eigenvalue weighted by Gasteiger charge is 2.25. The van der Waals surface area contributed by atoms with Gasteiger partial charge in [0.1, 0.15) is 16.9 Å². The number of rotatable bonds is 5. The maximum atomic E-state index is 12.5. The number of primary amides is 1. The van der Waals surface area contributed by atoms with E-state index in [9.17, 15) is 9.59 Å². The summed E-state index contributed by atoms with van der Waals surface area (Å²) < 4.78 is 11.4. The minimum Gasteiger partial charge on any atom is -0.495 e. The van der Waals surface area contributed by atoms with Crippen LogP contribution < -0.4 is 15.8 Å². The molecule has 1 aliphatic rings. The Morgan fingerprint density at radius 2 is 1.93 bits per heavy atom. The van der Waals surface area contributed by atoms with Crippen LogP contribution in [0.4, 0.5) is 5.69 Å². The number of benzene rings is 2. The maximum Gasteiger partial charge on any atom is 0.241 e. The van der Waals surface area contributed by atoms with Crippen LogP contribution in [0.2, 0.25) is 0 Å². The van der Waals surface area contributed by atoms with Crippen molar-refractivity contribution in [2.45, 2.75) is 12.8 Å². The smallest absolute Gasteiger partial charge is 0.241 e. The number of methoxy groups -OCH3 is 1. The molecule has 0 saturated carbocycles. The van der Waals surface area contributed by atoms with Crippen LogP contribution in [0.5, 0.6) is 5.75 Å². The second kappa shape index (κ2) is 7.42. The van der Waals surface area contributed by atoms with Gasteiger partial charge in [-0.1, -0.05) is 18.2 Å². The normalized spacial score (nSPS) is 15.1. The lowest BCUT2D eigenvalue weighted by Crippen LogP contribution is -2.43. The van der Waals surface area contributed by atoms with Crippen molar-refractivity contribution in [3.63, 3.8) is 0 Å². The molecule has 1 fully saturated rings. The number of para-hydroxylation sites is 1. The van der Waals surface area contributed by atoms with E-state index in [1.54, 1.807) is 12.0 Å². The number of carbonyl (C=O) groups excluding carboxylic acids is 2. The summed E-state index contributed by atoms with van der Waals surface area (Å²) in [6.07, 6.45) is 1.24. The molecule has 0 bridgehead atoms. The number of nitrogens with zero attached hydrogens (tertiary/aromatic N) is 1. The summed E-state index contributed by atoms with van der Waals surface area (Å²) in [5.74, 6) is 0.218. The molecule has 146 valence electrons. The molecule has 7 heteroatoms. The Bertz CT molecular complexity index is 1030. The van der Waals surface area contributed by atoms with Crippen molar-refractivity contribution >= 4 is 39.4 Å². The minimum atomic E-state index is -0.283. The Morgan fingerprint density at radius 3 is 2.64 bits per heavy atom. The van der Waals surface area contributed by atoms with Crippen molar-refractivity contribution in [2.75, 3.05) is 32.1 Å². The molecule has 1 aromatic heterocycles. The molecule has 1 saturated heterocycles. The predicted octanol–water partition coefficient (Wildman–Crippen LogP) is 2.73. The fraction of sp³-hybridized carbons (Fsp3) is 0.333. The number of nitrogens with one attached hydrogen (secondary N) is 1. The van der Waals surface area contributed by atoms with Crippen LogP contribution in [-0.2, 0) is 9.59 Å². The zero-order valence-electron chi connectivity index (χ0n) is 15.7. The van der Waals surface area contributed by atoms with Crippen LogP contribution in [0.1, 0.15) is 12.8 Å². The van der Waals surface area contributed by atoms with E-state index in [1.807, 2.05) is 36.4 Å². The van der Waals surface area contributed by atoms with Crippen molar-refractivity contribution in [2.24, 2.45) is 11.7 Å². The van der Waals surface area contributed by atoms with Crippen LogP contribution in [-0.4, -0.2) is 43.5 Å². The quantitative estimate of drug-likeness (QED) is 0.708. The van der Waals surface area contributed by atoms with E-state index in [0.717, 1.165) is 21.9 Å². The van der Waals surface area contributed by atoms with Gasteiger partial charge < -0.3 is 25.1 Å². The number of ether oxygens (including phenoxy) is 1. The molecular formula is C21H23N3O4. The number of nitrogens with two attached hydrogens (primary N) is 1. The van der Waals surface area contributed by atoms with Gasteiger partial charge in [0.2, 0.25) is 11.8 Å². The molecule has 0 spiro atoms. The lowest BCUT2D eigenvalue weighted by Gasteiger charge is -2.30. The largest absolute Gasteiger partial charge is 0.495 e. The van der Waals surface area contributed by atoms with Crippen molar-refractivity contribution in [3.8, 4) is 5.75 Å². The van der Waals surface area contributed by atoms with Gasteiger partial charge in [-0.25, -0.2) is 0 Å². The third-order valence-corrected chi connectivity index (χ3v) is 5.38. The molecular weight excluding hydrogens is 358 g/mol. The molecule has 0 aliphatic carbocycles. The Balaban J connectivity index is 1.49. The van der Waals surface area contributed by atoms with Gasteiger partial charge in [0.15, 0.2) is 0 Å². The van der Waals surface area contributed by atoms with Crippen LogP contribution in [0.25, 0.3) is 21.9 Å². The SMILES string of the molecule is COc1cc2c(cc1NCC(=O)N1CCC(C(N)=O)CC1)oc1ccccc12. The van der Waals surface area contributed by atoms with Gasteiger partial charge >= 0.3 is 0 Å². The molecule has 0 radical (unpaired) electrons. The van der Waals surface area contributed by atoms with Gasteiger partial charge in [-0.05, 0) is 25.0 Å². The van der Waals surface area contributed by atoms with Crippen LogP contribution in [0.15, 0.2) is 40.8 Å². The number of hydrogen-bond donors (Lipinski definition) is 2. The van der Waals surface area contributed by atoms with E-state index in [1.165, 1.54) is 0 Å². The highest BCUT2D eigenvalue weighted by molar-refractivity contribution is 6.06. The number of likely N-dealkylation sites (tertiary alicyclic amines) is 1. The lowest BCUT2D eigenvalue weighted by molar-refractivity contribution is -0.133. The van der Waals surface area contributed by atoms with Crippen molar-refractivity contribution in [3.05, 3.63) is 36.4 Å². The van der Waals surface area contributed by atoms with Crippen molar-refractivity contribution < 1.29 is 18.7 Å². The van der Waals surface area contributed by atoms with Crippen LogP contribution in [0.3, 0.4) is 0 Å². The number of hydrogen-bond acceptors (Lipinski definition) is 5. The Morgan fingerprint density at radius 1 is 1.18 bits per heavy atom. The molecule has 2 amide bonds. The van der Waals surface area contributed by atoms with Crippen molar-refractivity contribution in [1.29, 1.82) is 0 Å². The first-order chi connectivity index (χ1) is 13.6. The van der Waals surface area contributed by atoms with E-state index < -0.39 is 0 Å². The summed E-state index contributed by atoms with van der Waals surface area (Å²) in [5, 5.41) is 5.16. The van der Waals surface area contributed by atoms with E-state index in [4.69, 9.17) is 14.9 Å². The van der Waals surface area contributed by atoms with E-state index in [0.29, 0.717) is 37.4 Å². The molecule has 1 aliphatic heterocycles. The monoisotopic (exact) mass is 381 g/mol. The standard InChI is InChI=1S/C21H23N3O4/c1-27-19-10-15-14-4-2-3-5-17(14)28-18(15)11-16(19)23-12-20(25)24-8-6-13(7-9-24)21(22)26/h2-5,10-11,13,23H,6-9,12H2,1H3,(H2,22,26). The minimum absolute atomic E-state index is 0.0188. The number of furan rings is 1. The third kappa shape index (κ3) is 3.35. The molecule has 3 aromatic rings. The summed E-state index contributed by atoms with van der Waals surface area (Å²) in [7, 11) is 1.60. The van der Waals surface area contributed by atoms with Crippen LogP contribution >= 0.6 is 0 Å². The zero-order valence-corrected chi connectivity index (χ0v) is 15.7. The summed E-state index contributed by atoms with van der Waals surface area (Å²) in [4.78, 5) is 25.6. The Kier molecular flexibility index (Phi) is 4.81. The van der Waals surface area contributed by atoms with E-state index >= 15 is 0 Å². The molecule has 7 nitrogen and oxygen atoms in total. The summed E-state index contributed by atoms with van der Waals surface area (Å²) >= 11 is 0. The Hall–Kier alpha value is -3.22. The number of amides is 2. The lowest BCUT2D eigenvalue weighted by atomic mass is 9.96. The average molecular weight is 381 g/mol. The highest BCUT2D eigenvalue weighted by Crippen LogP contribution is 2.36. The second-order valence-corrected chi connectivity index (χ2v) is 7.06. The summed E-state index contributed by atoms with van der Waals surface area (Å²) in [6, 6.07) is 11.6. The Labute approximate surface area is 162 Å². The predicted molar refractivity (Wildman–Crippen MR) is 107 cm³/mol. The average Bonchev–Trinajstić information content (AvgIpc) is 3.08. The fourth-order valence-electron chi connectivity index (χ4n) is 3.75. The van der Waals surface area contributed by atoms with Gasteiger partial charge in [-0.3, -0.25) is 9.59 Å². The number of anilines is 1. The summed E-state index contributed by atoms with van der Waals surface area (Å²) in [6.45, 7) is 1.24.